The summed E-state index contributed by atoms with van der Waals surface area (Å²) in [7, 11) is 0. The summed E-state index contributed by atoms with van der Waals surface area (Å²) in [6, 6.07) is -0.281. The van der Waals surface area contributed by atoms with E-state index in [1.807, 2.05) is 0 Å². The molecule has 1 heterocycles. The molecule has 1 aliphatic carbocycles. The molecule has 1 saturated carbocycles. The largest absolute Gasteiger partial charge is 0.465 e. The Labute approximate surface area is 82.3 Å². The molecule has 2 fully saturated rings. The second kappa shape index (κ2) is 3.74. The maximum Gasteiger partial charge on any atom is 0.407 e. The van der Waals surface area contributed by atoms with Gasteiger partial charge in [0.1, 0.15) is 0 Å². The maximum atomic E-state index is 10.8. The van der Waals surface area contributed by atoms with Crippen LogP contribution in [-0.4, -0.2) is 52.6 Å². The van der Waals surface area contributed by atoms with Crippen molar-refractivity contribution in [1.29, 1.82) is 0 Å². The molecule has 1 aliphatic heterocycles. The normalized spacial score (nSPS) is 32.2. The highest BCUT2D eigenvalue weighted by molar-refractivity contribution is 5.66. The smallest absolute Gasteiger partial charge is 0.407 e. The highest BCUT2D eigenvalue weighted by Gasteiger charge is 2.38. The first-order chi connectivity index (χ1) is 6.70. The molecule has 5 nitrogen and oxygen atoms in total. The van der Waals surface area contributed by atoms with Gasteiger partial charge in [0.25, 0.3) is 0 Å². The van der Waals surface area contributed by atoms with E-state index < -0.39 is 6.09 Å². The molecule has 0 aromatic rings. The predicted molar refractivity (Wildman–Crippen MR) is 48.1 cm³/mol. The highest BCUT2D eigenvalue weighted by Crippen LogP contribution is 2.29. The summed E-state index contributed by atoms with van der Waals surface area (Å²) in [6.07, 6.45) is 2.16. The van der Waals surface area contributed by atoms with Crippen molar-refractivity contribution in [3.8, 4) is 0 Å². The van der Waals surface area contributed by atoms with Crippen LogP contribution < -0.4 is 0 Å². The maximum absolute atomic E-state index is 10.8. The van der Waals surface area contributed by atoms with Crippen molar-refractivity contribution < 1.29 is 19.7 Å². The van der Waals surface area contributed by atoms with E-state index in [2.05, 4.69) is 0 Å². The molecule has 0 unspecified atom stereocenters. The van der Waals surface area contributed by atoms with Crippen LogP contribution in [0.4, 0.5) is 4.79 Å². The summed E-state index contributed by atoms with van der Waals surface area (Å²) in [5.74, 6) is 0. The van der Waals surface area contributed by atoms with Crippen molar-refractivity contribution >= 4 is 6.09 Å². The molecule has 1 amide bonds. The Balaban J connectivity index is 1.89. The lowest BCUT2D eigenvalue weighted by Crippen LogP contribution is -2.36. The van der Waals surface area contributed by atoms with Crippen LogP contribution in [0.15, 0.2) is 0 Å². The fourth-order valence-electron chi connectivity index (χ4n) is 1.86. The number of carbonyl (C=O) groups is 1. The van der Waals surface area contributed by atoms with E-state index >= 15 is 0 Å². The van der Waals surface area contributed by atoms with Crippen molar-refractivity contribution in [3.05, 3.63) is 0 Å². The second-order valence-electron chi connectivity index (χ2n) is 3.96. The number of rotatable bonds is 3. The monoisotopic (exact) mass is 201 g/mol. The van der Waals surface area contributed by atoms with Gasteiger partial charge in [0.2, 0.25) is 0 Å². The van der Waals surface area contributed by atoms with E-state index in [4.69, 9.17) is 14.9 Å². The third kappa shape index (κ3) is 1.99. The minimum atomic E-state index is -0.967. The summed E-state index contributed by atoms with van der Waals surface area (Å²) in [4.78, 5) is 12.0. The number of amides is 1. The van der Waals surface area contributed by atoms with Crippen molar-refractivity contribution in [3.63, 3.8) is 0 Å². The van der Waals surface area contributed by atoms with Gasteiger partial charge in [-0.1, -0.05) is 0 Å². The van der Waals surface area contributed by atoms with Gasteiger partial charge >= 0.3 is 6.09 Å². The van der Waals surface area contributed by atoms with E-state index in [1.54, 1.807) is 0 Å². The lowest BCUT2D eigenvalue weighted by atomic mass is 10.2. The Hall–Kier alpha value is -0.810. The molecule has 80 valence electrons. The van der Waals surface area contributed by atoms with Crippen LogP contribution in [0.2, 0.25) is 0 Å². The SMILES string of the molecule is O=C(O)N1C[C@H](OC2CC2)C[C@H]1CO. The summed E-state index contributed by atoms with van der Waals surface area (Å²) < 4.78 is 5.62. The predicted octanol–water partition coefficient (Wildman–Crippen LogP) is 0.279. The number of hydrogen-bond donors (Lipinski definition) is 2. The van der Waals surface area contributed by atoms with Gasteiger partial charge in [-0.05, 0) is 19.3 Å². The van der Waals surface area contributed by atoms with Gasteiger partial charge in [-0.15, -0.1) is 0 Å². The molecule has 14 heavy (non-hydrogen) atoms. The molecule has 0 bridgehead atoms. The molecule has 0 aromatic heterocycles. The Morgan fingerprint density at radius 2 is 2.14 bits per heavy atom. The topological polar surface area (TPSA) is 70.0 Å². The summed E-state index contributed by atoms with van der Waals surface area (Å²) in [6.45, 7) is 0.286. The van der Waals surface area contributed by atoms with E-state index in [1.165, 1.54) is 4.90 Å². The van der Waals surface area contributed by atoms with Crippen molar-refractivity contribution in [2.45, 2.75) is 37.5 Å². The van der Waals surface area contributed by atoms with Crippen molar-refractivity contribution in [2.24, 2.45) is 0 Å². The molecular weight excluding hydrogens is 186 g/mol. The first-order valence-electron chi connectivity index (χ1n) is 4.96. The summed E-state index contributed by atoms with van der Waals surface area (Å²) in [5.41, 5.74) is 0. The zero-order valence-electron chi connectivity index (χ0n) is 7.93. The lowest BCUT2D eigenvalue weighted by Gasteiger charge is -2.18. The van der Waals surface area contributed by atoms with Gasteiger partial charge in [0, 0.05) is 0 Å². The highest BCUT2D eigenvalue weighted by atomic mass is 16.5. The molecule has 2 atom stereocenters. The fraction of sp³-hybridized carbons (Fsp3) is 0.889. The zero-order chi connectivity index (χ0) is 10.1. The average molecular weight is 201 g/mol. The minimum Gasteiger partial charge on any atom is -0.465 e. The molecule has 2 N–H and O–H groups in total. The van der Waals surface area contributed by atoms with E-state index in [-0.39, 0.29) is 18.8 Å². The van der Waals surface area contributed by atoms with Gasteiger partial charge in [-0.25, -0.2) is 4.79 Å². The molecular formula is C9H15NO4. The van der Waals surface area contributed by atoms with Crippen LogP contribution in [0.1, 0.15) is 19.3 Å². The van der Waals surface area contributed by atoms with Crippen LogP contribution in [0.5, 0.6) is 0 Å². The standard InChI is InChI=1S/C9H15NO4/c11-5-6-3-8(14-7-1-2-7)4-10(6)9(12)13/h6-8,11H,1-5H2,(H,12,13)/t6-,8+/m0/s1. The number of hydrogen-bond acceptors (Lipinski definition) is 3. The Bertz CT molecular complexity index is 229. The lowest BCUT2D eigenvalue weighted by molar-refractivity contribution is 0.0458. The Morgan fingerprint density at radius 1 is 1.43 bits per heavy atom. The summed E-state index contributed by atoms with van der Waals surface area (Å²) in [5, 5.41) is 17.8. The van der Waals surface area contributed by atoms with E-state index in [0.717, 1.165) is 12.8 Å². The van der Waals surface area contributed by atoms with Crippen molar-refractivity contribution in [1.82, 2.24) is 4.90 Å². The van der Waals surface area contributed by atoms with E-state index in [0.29, 0.717) is 19.1 Å². The third-order valence-corrected chi connectivity index (χ3v) is 2.74. The third-order valence-electron chi connectivity index (χ3n) is 2.74. The number of ether oxygens (including phenoxy) is 1. The summed E-state index contributed by atoms with van der Waals surface area (Å²) >= 11 is 0. The van der Waals surface area contributed by atoms with Gasteiger partial charge in [-0.2, -0.15) is 0 Å². The first-order valence-corrected chi connectivity index (χ1v) is 4.96. The Morgan fingerprint density at radius 3 is 2.57 bits per heavy atom. The number of aliphatic hydroxyl groups excluding tert-OH is 1. The second-order valence-corrected chi connectivity index (χ2v) is 3.96. The number of likely N-dealkylation sites (tertiary alicyclic amines) is 1. The molecule has 2 aliphatic rings. The van der Waals surface area contributed by atoms with Crippen LogP contribution >= 0.6 is 0 Å². The molecule has 1 saturated heterocycles. The first kappa shape index (κ1) is 9.73. The molecule has 2 rings (SSSR count). The molecule has 5 heteroatoms. The number of carboxylic acid groups (broad SMARTS) is 1. The number of nitrogens with zero attached hydrogens (tertiary/aromatic N) is 1. The molecule has 0 radical (unpaired) electrons. The van der Waals surface area contributed by atoms with Gasteiger partial charge in [-0.3, -0.25) is 0 Å². The van der Waals surface area contributed by atoms with Gasteiger partial charge in [0.15, 0.2) is 0 Å². The van der Waals surface area contributed by atoms with Crippen molar-refractivity contribution in [2.75, 3.05) is 13.2 Å². The average Bonchev–Trinajstić information content (AvgIpc) is 2.83. The minimum absolute atomic E-state index is 0.0178. The van der Waals surface area contributed by atoms with Gasteiger partial charge < -0.3 is 19.8 Å². The van der Waals surface area contributed by atoms with Crippen LogP contribution in [-0.2, 0) is 4.74 Å². The quantitative estimate of drug-likeness (QED) is 0.688. The Kier molecular flexibility index (Phi) is 2.60. The van der Waals surface area contributed by atoms with Crippen LogP contribution in [0, 0.1) is 0 Å². The fourth-order valence-corrected chi connectivity index (χ4v) is 1.86. The molecule has 0 spiro atoms. The van der Waals surface area contributed by atoms with Crippen LogP contribution in [0.3, 0.4) is 0 Å². The number of aliphatic hydroxyl groups is 1. The van der Waals surface area contributed by atoms with Gasteiger partial charge in [0.05, 0.1) is 31.4 Å². The molecule has 0 aromatic carbocycles. The zero-order valence-corrected chi connectivity index (χ0v) is 7.93. The van der Waals surface area contributed by atoms with Crippen LogP contribution in [0.25, 0.3) is 0 Å². The van der Waals surface area contributed by atoms with E-state index in [9.17, 15) is 4.79 Å².